The van der Waals surface area contributed by atoms with Gasteiger partial charge in [0.1, 0.15) is 0 Å². The monoisotopic (exact) mass is 841 g/mol. The van der Waals surface area contributed by atoms with Gasteiger partial charge in [-0.05, 0) is 138 Å². The topological polar surface area (TPSA) is 3.24 Å². The van der Waals surface area contributed by atoms with Crippen LogP contribution in [0.2, 0.25) is 0 Å². The van der Waals surface area contributed by atoms with Crippen LogP contribution in [0.1, 0.15) is 95.2 Å². The molecule has 0 amide bonds. The van der Waals surface area contributed by atoms with Crippen molar-refractivity contribution in [2.75, 3.05) is 4.90 Å². The summed E-state index contributed by atoms with van der Waals surface area (Å²) in [5.74, 6) is 0. The minimum atomic E-state index is -0.431. The summed E-state index contributed by atoms with van der Waals surface area (Å²) in [6, 6.07) is 72.2. The van der Waals surface area contributed by atoms with Crippen molar-refractivity contribution in [3.8, 4) is 33.4 Å². The van der Waals surface area contributed by atoms with Gasteiger partial charge in [0.2, 0.25) is 0 Å². The lowest BCUT2D eigenvalue weighted by atomic mass is 9.68. The number of benzene rings is 8. The van der Waals surface area contributed by atoms with Gasteiger partial charge in [0.25, 0.3) is 0 Å². The highest BCUT2D eigenvalue weighted by molar-refractivity contribution is 6.04. The molecule has 0 heterocycles. The zero-order valence-corrected chi connectivity index (χ0v) is 37.3. The molecule has 0 aliphatic heterocycles. The van der Waals surface area contributed by atoms with E-state index in [4.69, 9.17) is 0 Å². The summed E-state index contributed by atoms with van der Waals surface area (Å²) in [6.45, 7) is 4.89. The second kappa shape index (κ2) is 12.9. The van der Waals surface area contributed by atoms with Crippen molar-refractivity contribution in [1.82, 2.24) is 0 Å². The number of fused-ring (bicyclic) bond motifs is 21. The predicted molar refractivity (Wildman–Crippen MR) is 271 cm³/mol. The lowest BCUT2D eigenvalue weighted by molar-refractivity contribution is 0.648. The van der Waals surface area contributed by atoms with E-state index >= 15 is 0 Å². The van der Waals surface area contributed by atoms with Gasteiger partial charge >= 0.3 is 0 Å². The normalized spacial score (nSPS) is 18.3. The Morgan fingerprint density at radius 1 is 0.394 bits per heavy atom. The van der Waals surface area contributed by atoms with Crippen molar-refractivity contribution in [1.29, 1.82) is 0 Å². The van der Waals surface area contributed by atoms with E-state index in [1.807, 2.05) is 0 Å². The van der Waals surface area contributed by atoms with E-state index in [1.165, 1.54) is 128 Å². The smallest absolute Gasteiger partial charge is 0.0726 e. The third-order valence-electron chi connectivity index (χ3n) is 16.9. The van der Waals surface area contributed by atoms with Crippen LogP contribution in [0.3, 0.4) is 0 Å². The van der Waals surface area contributed by atoms with Crippen molar-refractivity contribution in [3.63, 3.8) is 0 Å². The Kier molecular flexibility index (Phi) is 7.18. The molecule has 0 fully saturated rings. The van der Waals surface area contributed by atoms with E-state index < -0.39 is 5.41 Å². The van der Waals surface area contributed by atoms with Crippen LogP contribution in [0.15, 0.2) is 223 Å². The van der Waals surface area contributed by atoms with Crippen molar-refractivity contribution in [3.05, 3.63) is 278 Å². The maximum atomic E-state index is 2.78. The zero-order valence-electron chi connectivity index (χ0n) is 37.3. The van der Waals surface area contributed by atoms with Crippen LogP contribution in [0.4, 0.5) is 5.69 Å². The first kappa shape index (κ1) is 36.8. The molecule has 8 aromatic carbocycles. The van der Waals surface area contributed by atoms with E-state index in [9.17, 15) is 0 Å². The number of rotatable bonds is 3. The Morgan fingerprint density at radius 2 is 0.848 bits per heavy atom. The lowest BCUT2D eigenvalue weighted by Gasteiger charge is -2.39. The third kappa shape index (κ3) is 4.25. The molecule has 1 nitrogen and oxygen atoms in total. The molecule has 0 bridgehead atoms. The van der Waals surface area contributed by atoms with Crippen molar-refractivity contribution in [2.45, 2.75) is 55.8 Å². The highest BCUT2D eigenvalue weighted by atomic mass is 15.2. The molecular weight excluding hydrogens is 795 g/mol. The number of hydrogen-bond acceptors (Lipinski definition) is 1. The summed E-state index contributed by atoms with van der Waals surface area (Å²) in [5.41, 5.74) is 31.1. The number of nitrogens with zero attached hydrogens (tertiary/aromatic N) is 1. The Hall–Kier alpha value is -7.48. The largest absolute Gasteiger partial charge is 0.313 e. The molecule has 0 saturated heterocycles. The van der Waals surface area contributed by atoms with Gasteiger partial charge in [-0.2, -0.15) is 0 Å². The van der Waals surface area contributed by atoms with E-state index in [0.717, 1.165) is 25.7 Å². The highest BCUT2D eigenvalue weighted by Crippen LogP contribution is 2.68. The third-order valence-corrected chi connectivity index (χ3v) is 16.9. The van der Waals surface area contributed by atoms with Crippen LogP contribution in [-0.4, -0.2) is 0 Å². The fourth-order valence-corrected chi connectivity index (χ4v) is 14.6. The summed E-state index contributed by atoms with van der Waals surface area (Å²) in [5, 5.41) is 0. The maximum absolute atomic E-state index is 2.78. The molecule has 0 N–H and O–H groups in total. The van der Waals surface area contributed by atoms with Crippen LogP contribution < -0.4 is 4.90 Å². The van der Waals surface area contributed by atoms with E-state index in [2.05, 4.69) is 219 Å². The second-order valence-electron chi connectivity index (χ2n) is 20.0. The van der Waals surface area contributed by atoms with Crippen LogP contribution in [0, 0.1) is 0 Å². The minimum Gasteiger partial charge on any atom is -0.313 e. The average molecular weight is 842 g/mol. The molecule has 7 aliphatic carbocycles. The Balaban J connectivity index is 1.04. The summed E-state index contributed by atoms with van der Waals surface area (Å²) in [4.78, 5) is 2.78. The molecule has 8 aromatic rings. The quantitative estimate of drug-likeness (QED) is 0.171. The van der Waals surface area contributed by atoms with Gasteiger partial charge in [-0.1, -0.05) is 202 Å². The molecule has 66 heavy (non-hydrogen) atoms. The summed E-state index contributed by atoms with van der Waals surface area (Å²) in [6.07, 6.45) is 9.17. The van der Waals surface area contributed by atoms with Crippen LogP contribution in [0.5, 0.6) is 0 Å². The molecule has 0 radical (unpaired) electrons. The molecule has 0 saturated carbocycles. The van der Waals surface area contributed by atoms with Gasteiger partial charge in [-0.25, -0.2) is 0 Å². The van der Waals surface area contributed by atoms with Gasteiger partial charge in [0, 0.05) is 27.9 Å². The van der Waals surface area contributed by atoms with Crippen molar-refractivity contribution >= 4 is 16.8 Å². The molecule has 312 valence electrons. The number of anilines is 1. The predicted octanol–water partition coefficient (Wildman–Crippen LogP) is 15.7. The minimum absolute atomic E-state index is 0.109. The average Bonchev–Trinajstić information content (AvgIpc) is 4.11. The van der Waals surface area contributed by atoms with Crippen LogP contribution in [0.25, 0.3) is 44.5 Å². The zero-order chi connectivity index (χ0) is 43.5. The van der Waals surface area contributed by atoms with Gasteiger partial charge in [0.15, 0.2) is 0 Å². The first-order valence-corrected chi connectivity index (χ1v) is 24.0. The number of hydrogen-bond donors (Lipinski definition) is 0. The van der Waals surface area contributed by atoms with E-state index in [-0.39, 0.29) is 10.8 Å². The highest BCUT2D eigenvalue weighted by Gasteiger charge is 2.56. The summed E-state index contributed by atoms with van der Waals surface area (Å²) < 4.78 is 0. The van der Waals surface area contributed by atoms with Crippen molar-refractivity contribution < 1.29 is 0 Å². The number of allylic oxidation sites excluding steroid dienone is 7. The SMILES string of the molecule is CC1(C)C2=C(CCC(N(C3=CCCC4=C3c3ccccc3C43c4ccccc4-c4ccccc43)c3cccc4c3-c3ccccc3C43c4ccccc4-c4ccccc43)=C2)c2ccccc21. The van der Waals surface area contributed by atoms with Gasteiger partial charge in [-0.3, -0.25) is 0 Å². The van der Waals surface area contributed by atoms with Crippen LogP contribution in [-0.2, 0) is 16.2 Å². The van der Waals surface area contributed by atoms with Gasteiger partial charge in [0.05, 0.1) is 16.5 Å². The van der Waals surface area contributed by atoms with E-state index in [0.29, 0.717) is 0 Å². The Morgan fingerprint density at radius 3 is 1.44 bits per heavy atom. The molecule has 15 rings (SSSR count). The summed E-state index contributed by atoms with van der Waals surface area (Å²) in [7, 11) is 0. The molecule has 7 aliphatic rings. The summed E-state index contributed by atoms with van der Waals surface area (Å²) >= 11 is 0. The van der Waals surface area contributed by atoms with E-state index in [1.54, 1.807) is 0 Å². The molecule has 2 spiro atoms. The lowest BCUT2D eigenvalue weighted by Crippen LogP contribution is -2.30. The maximum Gasteiger partial charge on any atom is 0.0726 e. The van der Waals surface area contributed by atoms with Crippen LogP contribution >= 0.6 is 0 Å². The molecular formula is C65H47N. The molecule has 0 unspecified atom stereocenters. The fraction of sp³-hybridized carbons (Fsp3) is 0.138. The van der Waals surface area contributed by atoms with Gasteiger partial charge < -0.3 is 4.90 Å². The molecule has 0 aromatic heterocycles. The second-order valence-corrected chi connectivity index (χ2v) is 20.0. The van der Waals surface area contributed by atoms with Gasteiger partial charge in [-0.15, -0.1) is 0 Å². The first-order chi connectivity index (χ1) is 32.5. The molecule has 0 atom stereocenters. The standard InChI is InChI=1S/C65H47N/c1-63(2)49-26-10-3-19-41(49)46-38-37-40(39-58(46)63)66(59-35-17-33-56-61(59)47-24-8-15-31-54(47)64(56)50-27-11-4-20-42(50)43-21-5-12-28-51(43)64)60-36-18-34-57-62(60)48-25-9-16-32-55(48)65(57)52-29-13-6-22-44(52)45-23-7-14-30-53(45)65/h3-17,19-33,35-36,39H,18,34,37-38H2,1-2H3. The van der Waals surface area contributed by atoms with Crippen molar-refractivity contribution in [2.24, 2.45) is 0 Å². The Bertz CT molecular complexity index is 3550. The fourth-order valence-electron chi connectivity index (χ4n) is 14.6. The Labute approximate surface area is 387 Å². The first-order valence-electron chi connectivity index (χ1n) is 24.0. The molecule has 1 heteroatoms.